The summed E-state index contributed by atoms with van der Waals surface area (Å²) in [4.78, 5) is 10.8. The van der Waals surface area contributed by atoms with E-state index in [0.717, 1.165) is 19.3 Å². The standard InChI is InChI=1S/C12H21ClO2/c1-8(2)6-10-5-4-9(3)7-11(10)15-12(13)14/h8-11H,4-7H2,1-3H3/t9-,10+,11?/m1/s1. The van der Waals surface area contributed by atoms with E-state index in [9.17, 15) is 4.79 Å². The van der Waals surface area contributed by atoms with Crippen LogP contribution in [0, 0.1) is 17.8 Å². The zero-order valence-corrected chi connectivity index (χ0v) is 10.6. The molecule has 2 nitrogen and oxygen atoms in total. The molecule has 3 heteroatoms. The molecule has 0 aliphatic heterocycles. The molecule has 0 aromatic heterocycles. The Hall–Kier alpha value is -0.240. The highest BCUT2D eigenvalue weighted by atomic mass is 35.5. The van der Waals surface area contributed by atoms with Gasteiger partial charge >= 0.3 is 5.43 Å². The van der Waals surface area contributed by atoms with Crippen LogP contribution in [0.5, 0.6) is 0 Å². The van der Waals surface area contributed by atoms with Gasteiger partial charge in [0.2, 0.25) is 0 Å². The minimum Gasteiger partial charge on any atom is -0.450 e. The Labute approximate surface area is 97.3 Å². The predicted octanol–water partition coefficient (Wildman–Crippen LogP) is 4.21. The van der Waals surface area contributed by atoms with Crippen LogP contribution in [0.2, 0.25) is 0 Å². The lowest BCUT2D eigenvalue weighted by Crippen LogP contribution is -2.32. The SMILES string of the molecule is CC(C)C[C@@H]1CC[C@@H](C)CC1OC(=O)Cl. The average molecular weight is 233 g/mol. The molecular formula is C12H21ClO2. The second kappa shape index (κ2) is 5.74. The topological polar surface area (TPSA) is 26.3 Å². The largest absolute Gasteiger partial charge is 0.450 e. The molecule has 1 aliphatic carbocycles. The van der Waals surface area contributed by atoms with Crippen molar-refractivity contribution in [3.63, 3.8) is 0 Å². The van der Waals surface area contributed by atoms with Crippen molar-refractivity contribution in [2.24, 2.45) is 17.8 Å². The highest BCUT2D eigenvalue weighted by Gasteiger charge is 2.31. The smallest absolute Gasteiger partial charge is 0.404 e. The van der Waals surface area contributed by atoms with E-state index in [0.29, 0.717) is 17.8 Å². The molecule has 88 valence electrons. The monoisotopic (exact) mass is 232 g/mol. The van der Waals surface area contributed by atoms with E-state index in [4.69, 9.17) is 16.3 Å². The Balaban J connectivity index is 2.53. The lowest BCUT2D eigenvalue weighted by Gasteiger charge is -2.34. The first-order chi connectivity index (χ1) is 6.99. The number of carbonyl (C=O) groups excluding carboxylic acids is 1. The molecule has 0 saturated heterocycles. The molecule has 0 heterocycles. The van der Waals surface area contributed by atoms with Crippen molar-refractivity contribution in [2.75, 3.05) is 0 Å². The number of carbonyl (C=O) groups is 1. The summed E-state index contributed by atoms with van der Waals surface area (Å²) in [5.41, 5.74) is -0.650. The molecule has 0 radical (unpaired) electrons. The lowest BCUT2D eigenvalue weighted by atomic mass is 9.77. The van der Waals surface area contributed by atoms with Crippen LogP contribution >= 0.6 is 11.6 Å². The van der Waals surface area contributed by atoms with Crippen molar-refractivity contribution in [1.82, 2.24) is 0 Å². The lowest BCUT2D eigenvalue weighted by molar-refractivity contribution is 0.0281. The Morgan fingerprint density at radius 1 is 1.47 bits per heavy atom. The highest BCUT2D eigenvalue weighted by Crippen LogP contribution is 2.34. The minimum atomic E-state index is -0.650. The molecule has 0 N–H and O–H groups in total. The maximum atomic E-state index is 10.8. The first-order valence-corrected chi connectivity index (χ1v) is 6.23. The number of hydrogen-bond acceptors (Lipinski definition) is 2. The third-order valence-corrected chi connectivity index (χ3v) is 3.30. The molecule has 0 amide bonds. The van der Waals surface area contributed by atoms with Gasteiger partial charge in [-0.2, -0.15) is 0 Å². The summed E-state index contributed by atoms with van der Waals surface area (Å²) in [6.07, 6.45) is 4.54. The molecule has 0 spiro atoms. The van der Waals surface area contributed by atoms with Crippen LogP contribution in [0.1, 0.15) is 46.5 Å². The minimum absolute atomic E-state index is 0.0427. The molecule has 15 heavy (non-hydrogen) atoms. The normalized spacial score (nSPS) is 31.7. The van der Waals surface area contributed by atoms with E-state index in [-0.39, 0.29) is 6.10 Å². The zero-order chi connectivity index (χ0) is 11.4. The Morgan fingerprint density at radius 2 is 2.13 bits per heavy atom. The van der Waals surface area contributed by atoms with E-state index in [1.165, 1.54) is 6.42 Å². The van der Waals surface area contributed by atoms with Crippen LogP contribution in [0.25, 0.3) is 0 Å². The summed E-state index contributed by atoms with van der Waals surface area (Å²) in [5, 5.41) is 0. The average Bonchev–Trinajstić information content (AvgIpc) is 2.08. The second-order valence-electron chi connectivity index (χ2n) is 5.20. The molecular weight excluding hydrogens is 212 g/mol. The first-order valence-electron chi connectivity index (χ1n) is 5.85. The quantitative estimate of drug-likeness (QED) is 0.682. The van der Waals surface area contributed by atoms with Crippen LogP contribution < -0.4 is 0 Å². The van der Waals surface area contributed by atoms with Crippen LogP contribution in [-0.2, 0) is 4.74 Å². The van der Waals surface area contributed by atoms with E-state index in [1.54, 1.807) is 0 Å². The molecule has 1 saturated carbocycles. The van der Waals surface area contributed by atoms with E-state index in [1.807, 2.05) is 0 Å². The van der Waals surface area contributed by atoms with Crippen molar-refractivity contribution < 1.29 is 9.53 Å². The van der Waals surface area contributed by atoms with Gasteiger partial charge < -0.3 is 4.74 Å². The first kappa shape index (κ1) is 12.8. The number of hydrogen-bond donors (Lipinski definition) is 0. The van der Waals surface area contributed by atoms with Crippen molar-refractivity contribution in [3.8, 4) is 0 Å². The summed E-state index contributed by atoms with van der Waals surface area (Å²) < 4.78 is 5.20. The summed E-state index contributed by atoms with van der Waals surface area (Å²) >= 11 is 5.30. The van der Waals surface area contributed by atoms with Gasteiger partial charge in [-0.25, -0.2) is 4.79 Å². The number of rotatable bonds is 3. The fraction of sp³-hybridized carbons (Fsp3) is 0.917. The van der Waals surface area contributed by atoms with E-state index in [2.05, 4.69) is 20.8 Å². The van der Waals surface area contributed by atoms with Gasteiger partial charge in [0.1, 0.15) is 6.10 Å². The Morgan fingerprint density at radius 3 is 2.67 bits per heavy atom. The maximum Gasteiger partial charge on any atom is 0.404 e. The van der Waals surface area contributed by atoms with Crippen molar-refractivity contribution in [1.29, 1.82) is 0 Å². The van der Waals surface area contributed by atoms with Crippen molar-refractivity contribution in [3.05, 3.63) is 0 Å². The summed E-state index contributed by atoms with van der Waals surface area (Å²) in [7, 11) is 0. The third kappa shape index (κ3) is 4.42. The molecule has 0 bridgehead atoms. The van der Waals surface area contributed by atoms with Crippen LogP contribution in [0.4, 0.5) is 4.79 Å². The Kier molecular flexibility index (Phi) is 4.91. The van der Waals surface area contributed by atoms with Crippen LogP contribution in [-0.4, -0.2) is 11.5 Å². The van der Waals surface area contributed by atoms with Gasteiger partial charge in [0.05, 0.1) is 0 Å². The molecule has 1 fully saturated rings. The summed E-state index contributed by atoms with van der Waals surface area (Å²) in [6.45, 7) is 6.62. The highest BCUT2D eigenvalue weighted by molar-refractivity contribution is 6.61. The third-order valence-electron chi connectivity index (χ3n) is 3.21. The van der Waals surface area contributed by atoms with Gasteiger partial charge in [-0.05, 0) is 37.0 Å². The second-order valence-corrected chi connectivity index (χ2v) is 5.51. The van der Waals surface area contributed by atoms with E-state index < -0.39 is 5.43 Å². The molecule has 1 rings (SSSR count). The predicted molar refractivity (Wildman–Crippen MR) is 62.1 cm³/mol. The van der Waals surface area contributed by atoms with Crippen LogP contribution in [0.15, 0.2) is 0 Å². The van der Waals surface area contributed by atoms with Crippen molar-refractivity contribution in [2.45, 2.75) is 52.6 Å². The van der Waals surface area contributed by atoms with Gasteiger partial charge in [0.15, 0.2) is 0 Å². The number of halogens is 1. The fourth-order valence-corrected chi connectivity index (χ4v) is 2.64. The van der Waals surface area contributed by atoms with Gasteiger partial charge in [0, 0.05) is 11.6 Å². The summed E-state index contributed by atoms with van der Waals surface area (Å²) in [5.74, 6) is 1.80. The fourth-order valence-electron chi connectivity index (χ4n) is 2.53. The van der Waals surface area contributed by atoms with Gasteiger partial charge in [-0.1, -0.05) is 27.2 Å². The Bertz CT molecular complexity index is 216. The molecule has 0 aromatic carbocycles. The molecule has 0 aromatic rings. The van der Waals surface area contributed by atoms with E-state index >= 15 is 0 Å². The van der Waals surface area contributed by atoms with Gasteiger partial charge in [0.25, 0.3) is 0 Å². The van der Waals surface area contributed by atoms with Gasteiger partial charge in [-0.3, -0.25) is 0 Å². The maximum absolute atomic E-state index is 10.8. The molecule has 1 aliphatic rings. The molecule has 3 atom stereocenters. The molecule has 1 unspecified atom stereocenters. The summed E-state index contributed by atoms with van der Waals surface area (Å²) in [6, 6.07) is 0. The van der Waals surface area contributed by atoms with Crippen LogP contribution in [0.3, 0.4) is 0 Å². The van der Waals surface area contributed by atoms with Crippen molar-refractivity contribution >= 4 is 17.0 Å². The van der Waals surface area contributed by atoms with Gasteiger partial charge in [-0.15, -0.1) is 0 Å². The number of ether oxygens (including phenoxy) is 1. The zero-order valence-electron chi connectivity index (χ0n) is 9.83.